The summed E-state index contributed by atoms with van der Waals surface area (Å²) in [5.74, 6) is 7.00. The van der Waals surface area contributed by atoms with Gasteiger partial charge in [-0.25, -0.2) is 0 Å². The zero-order chi connectivity index (χ0) is 9.84. The Morgan fingerprint density at radius 3 is 2.62 bits per heavy atom. The maximum atomic E-state index is 4.28. The topological polar surface area (TPSA) is 17.8 Å². The first-order valence-electron chi connectivity index (χ1n) is 4.26. The minimum atomic E-state index is 0.811. The molecule has 0 aliphatic heterocycles. The molecule has 1 aromatic heterocycles. The molecule has 1 rings (SSSR count). The van der Waals surface area contributed by atoms with Gasteiger partial charge in [0.05, 0.1) is 17.0 Å². The number of hydrogen-bond acceptors (Lipinski definition) is 2. The van der Waals surface area contributed by atoms with Gasteiger partial charge in [-0.05, 0) is 13.8 Å². The van der Waals surface area contributed by atoms with Crippen LogP contribution in [0.4, 0.5) is 0 Å². The second-order valence-electron chi connectivity index (χ2n) is 2.94. The highest BCUT2D eigenvalue weighted by Crippen LogP contribution is 2.09. The minimum Gasteiger partial charge on any atom is -0.271 e. The smallest absolute Gasteiger partial charge is 0.0752 e. The van der Waals surface area contributed by atoms with Crippen molar-refractivity contribution in [2.75, 3.05) is 5.75 Å². The van der Waals surface area contributed by atoms with Crippen molar-refractivity contribution in [3.8, 4) is 11.8 Å². The molecule has 70 valence electrons. The van der Waals surface area contributed by atoms with Gasteiger partial charge < -0.3 is 0 Å². The first-order chi connectivity index (χ1) is 6.16. The lowest BCUT2D eigenvalue weighted by molar-refractivity contribution is 0.731. The molecule has 0 aliphatic carbocycles. The van der Waals surface area contributed by atoms with Crippen LogP contribution in [0.5, 0.6) is 0 Å². The maximum Gasteiger partial charge on any atom is 0.0752 e. The molecule has 13 heavy (non-hydrogen) atoms. The average molecular weight is 194 g/mol. The van der Waals surface area contributed by atoms with Gasteiger partial charge in [-0.1, -0.05) is 11.8 Å². The summed E-state index contributed by atoms with van der Waals surface area (Å²) < 4.78 is 1.86. The van der Waals surface area contributed by atoms with Gasteiger partial charge in [0.2, 0.25) is 0 Å². The van der Waals surface area contributed by atoms with E-state index in [0.717, 1.165) is 29.1 Å². The lowest BCUT2D eigenvalue weighted by atomic mass is 10.2. The zero-order valence-electron chi connectivity index (χ0n) is 8.26. The minimum absolute atomic E-state index is 0.811. The van der Waals surface area contributed by atoms with Crippen molar-refractivity contribution in [2.24, 2.45) is 7.05 Å². The summed E-state index contributed by atoms with van der Waals surface area (Å²) in [6.07, 6.45) is 0.830. The largest absolute Gasteiger partial charge is 0.271 e. The summed E-state index contributed by atoms with van der Waals surface area (Å²) in [6.45, 7) is 4.02. The Balaban J connectivity index is 2.96. The molecule has 1 aromatic rings. The summed E-state index contributed by atoms with van der Waals surface area (Å²) in [6, 6.07) is 0. The first kappa shape index (κ1) is 10.2. The van der Waals surface area contributed by atoms with Crippen molar-refractivity contribution >= 4 is 12.6 Å². The molecular weight excluding hydrogens is 180 g/mol. The van der Waals surface area contributed by atoms with Crippen LogP contribution in [0.2, 0.25) is 0 Å². The summed E-state index contributed by atoms with van der Waals surface area (Å²) in [7, 11) is 1.94. The molecule has 0 bridgehead atoms. The van der Waals surface area contributed by atoms with Crippen LogP contribution in [0.1, 0.15) is 23.4 Å². The van der Waals surface area contributed by atoms with Crippen LogP contribution in [-0.2, 0) is 7.05 Å². The van der Waals surface area contributed by atoms with E-state index in [2.05, 4.69) is 29.6 Å². The van der Waals surface area contributed by atoms with Gasteiger partial charge in [0.1, 0.15) is 0 Å². The number of nitrogens with zero attached hydrogens (tertiary/aromatic N) is 2. The van der Waals surface area contributed by atoms with E-state index < -0.39 is 0 Å². The third kappa shape index (κ3) is 2.28. The molecule has 2 nitrogen and oxygen atoms in total. The summed E-state index contributed by atoms with van der Waals surface area (Å²) >= 11 is 4.10. The lowest BCUT2D eigenvalue weighted by Gasteiger charge is -1.91. The fourth-order valence-electron chi connectivity index (χ4n) is 1.16. The van der Waals surface area contributed by atoms with E-state index in [9.17, 15) is 0 Å². The fraction of sp³-hybridized carbons (Fsp3) is 0.500. The Kier molecular flexibility index (Phi) is 3.44. The van der Waals surface area contributed by atoms with Crippen LogP contribution < -0.4 is 0 Å². The van der Waals surface area contributed by atoms with E-state index in [0.29, 0.717) is 0 Å². The van der Waals surface area contributed by atoms with E-state index in [1.807, 2.05) is 25.6 Å². The number of rotatable bonds is 1. The Morgan fingerprint density at radius 1 is 1.46 bits per heavy atom. The predicted octanol–water partition coefficient (Wildman–Crippen LogP) is 1.71. The molecule has 0 saturated carbocycles. The van der Waals surface area contributed by atoms with Gasteiger partial charge in [0, 0.05) is 19.2 Å². The molecule has 0 radical (unpaired) electrons. The predicted molar refractivity (Wildman–Crippen MR) is 58.0 cm³/mol. The molecule has 0 unspecified atom stereocenters. The monoisotopic (exact) mass is 194 g/mol. The highest BCUT2D eigenvalue weighted by Gasteiger charge is 2.05. The van der Waals surface area contributed by atoms with Crippen LogP contribution >= 0.6 is 12.6 Å². The Labute approximate surface area is 84.7 Å². The molecule has 0 amide bonds. The molecule has 0 aromatic carbocycles. The van der Waals surface area contributed by atoms with E-state index in [4.69, 9.17) is 0 Å². The number of aromatic nitrogens is 2. The van der Waals surface area contributed by atoms with Crippen LogP contribution in [0.3, 0.4) is 0 Å². The Morgan fingerprint density at radius 2 is 2.15 bits per heavy atom. The van der Waals surface area contributed by atoms with Crippen LogP contribution in [-0.4, -0.2) is 15.5 Å². The van der Waals surface area contributed by atoms with Crippen molar-refractivity contribution in [1.29, 1.82) is 0 Å². The number of aryl methyl sites for hydroxylation is 2. The van der Waals surface area contributed by atoms with Crippen molar-refractivity contribution < 1.29 is 0 Å². The Hall–Kier alpha value is -0.880. The highest BCUT2D eigenvalue weighted by molar-refractivity contribution is 7.80. The molecule has 0 N–H and O–H groups in total. The van der Waals surface area contributed by atoms with E-state index >= 15 is 0 Å². The number of hydrogen-bond donors (Lipinski definition) is 1. The second kappa shape index (κ2) is 4.38. The van der Waals surface area contributed by atoms with Crippen molar-refractivity contribution in [3.05, 3.63) is 17.0 Å². The van der Waals surface area contributed by atoms with Crippen molar-refractivity contribution in [3.63, 3.8) is 0 Å². The molecule has 0 saturated heterocycles. The van der Waals surface area contributed by atoms with Crippen LogP contribution in [0.25, 0.3) is 0 Å². The lowest BCUT2D eigenvalue weighted by Crippen LogP contribution is -1.92. The van der Waals surface area contributed by atoms with Gasteiger partial charge in [0.25, 0.3) is 0 Å². The van der Waals surface area contributed by atoms with Gasteiger partial charge in [0.15, 0.2) is 0 Å². The van der Waals surface area contributed by atoms with Crippen LogP contribution in [0.15, 0.2) is 0 Å². The third-order valence-corrected chi connectivity index (χ3v) is 2.18. The van der Waals surface area contributed by atoms with Crippen molar-refractivity contribution in [2.45, 2.75) is 20.3 Å². The number of thiol groups is 1. The fourth-order valence-corrected chi connectivity index (χ4v) is 1.27. The standard InChI is InChI=1S/C10H14N2S/c1-8-10(6-4-5-7-13)9(2)12(3)11-8/h13H,5,7H2,1-3H3. The SMILES string of the molecule is Cc1nn(C)c(C)c1C#CCCS. The Bertz CT molecular complexity index is 355. The second-order valence-corrected chi connectivity index (χ2v) is 3.39. The molecular formula is C10H14N2S. The van der Waals surface area contributed by atoms with Crippen molar-refractivity contribution in [1.82, 2.24) is 9.78 Å². The summed E-state index contributed by atoms with van der Waals surface area (Å²) in [4.78, 5) is 0. The average Bonchev–Trinajstić information content (AvgIpc) is 2.32. The summed E-state index contributed by atoms with van der Waals surface area (Å²) in [5.41, 5.74) is 3.19. The first-order valence-corrected chi connectivity index (χ1v) is 4.90. The highest BCUT2D eigenvalue weighted by atomic mass is 32.1. The molecule has 0 spiro atoms. The third-order valence-electron chi connectivity index (χ3n) is 1.96. The van der Waals surface area contributed by atoms with Crippen LogP contribution in [0, 0.1) is 25.7 Å². The summed E-state index contributed by atoms with van der Waals surface area (Å²) in [5, 5.41) is 4.28. The zero-order valence-corrected chi connectivity index (χ0v) is 9.15. The van der Waals surface area contributed by atoms with E-state index in [1.54, 1.807) is 0 Å². The normalized spacial score (nSPS) is 9.54. The molecule has 0 fully saturated rings. The van der Waals surface area contributed by atoms with Gasteiger partial charge in [-0.3, -0.25) is 4.68 Å². The maximum absolute atomic E-state index is 4.28. The quantitative estimate of drug-likeness (QED) is 0.532. The van der Waals surface area contributed by atoms with Gasteiger partial charge in [-0.2, -0.15) is 17.7 Å². The van der Waals surface area contributed by atoms with Gasteiger partial charge >= 0.3 is 0 Å². The van der Waals surface area contributed by atoms with E-state index in [-0.39, 0.29) is 0 Å². The molecule has 1 heterocycles. The van der Waals surface area contributed by atoms with Gasteiger partial charge in [-0.15, -0.1) is 0 Å². The molecule has 0 aliphatic rings. The van der Waals surface area contributed by atoms with E-state index in [1.165, 1.54) is 0 Å². The molecule has 0 atom stereocenters. The molecule has 3 heteroatoms.